The molecule has 0 radical (unpaired) electrons. The molecule has 2 aliphatic heterocycles. The highest BCUT2D eigenvalue weighted by atomic mass is 35.5. The number of piperazine rings is 1. The van der Waals surface area contributed by atoms with Crippen molar-refractivity contribution in [2.24, 2.45) is 0 Å². The first-order valence-corrected chi connectivity index (χ1v) is 23.6. The Labute approximate surface area is 362 Å². The van der Waals surface area contributed by atoms with Gasteiger partial charge in [-0.25, -0.2) is 13.1 Å². The molecule has 0 aromatic heterocycles. The van der Waals surface area contributed by atoms with E-state index in [9.17, 15) is 23.3 Å². The molecule has 318 valence electrons. The van der Waals surface area contributed by atoms with Gasteiger partial charge < -0.3 is 15.0 Å². The smallest absolute Gasteiger partial charge is 0.293 e. The van der Waals surface area contributed by atoms with Gasteiger partial charge in [-0.15, -0.1) is 11.8 Å². The Bertz CT molecular complexity index is 2210. The molecule has 15 heteroatoms. The summed E-state index contributed by atoms with van der Waals surface area (Å²) in [4.78, 5) is 32.8. The predicted octanol–water partition coefficient (Wildman–Crippen LogP) is 8.20. The van der Waals surface area contributed by atoms with E-state index in [-0.39, 0.29) is 27.9 Å². The number of ether oxygens (including phenoxy) is 1. The number of benzene rings is 4. The molecule has 0 bridgehead atoms. The second kappa shape index (κ2) is 20.9. The van der Waals surface area contributed by atoms with Gasteiger partial charge in [0.15, 0.2) is 0 Å². The van der Waals surface area contributed by atoms with E-state index in [1.807, 2.05) is 54.6 Å². The lowest BCUT2D eigenvalue weighted by Gasteiger charge is -2.37. The molecule has 12 nitrogen and oxygen atoms in total. The van der Waals surface area contributed by atoms with Crippen LogP contribution in [-0.2, 0) is 14.8 Å². The number of carbonyl (C=O) groups is 1. The highest BCUT2D eigenvalue weighted by Gasteiger charge is 2.26. The second-order valence-corrected chi connectivity index (χ2v) is 18.8. The molecule has 0 unspecified atom stereocenters. The van der Waals surface area contributed by atoms with Crippen LogP contribution in [-0.4, -0.2) is 106 Å². The van der Waals surface area contributed by atoms with E-state index < -0.39 is 20.9 Å². The fourth-order valence-electron chi connectivity index (χ4n) is 8.06. The fourth-order valence-corrected chi connectivity index (χ4v) is 10.2. The number of anilines is 2. The van der Waals surface area contributed by atoms with Gasteiger partial charge in [0, 0.05) is 91.4 Å². The second-order valence-electron chi connectivity index (χ2n) is 15.5. The number of hydrogen-bond acceptors (Lipinski definition) is 11. The minimum Gasteiger partial charge on any atom is -0.379 e. The lowest BCUT2D eigenvalue weighted by molar-refractivity contribution is -0.384. The topological polar surface area (TPSA) is 137 Å². The quantitative estimate of drug-likeness (QED) is 0.0641. The highest BCUT2D eigenvalue weighted by Crippen LogP contribution is 2.34. The standard InChI is InChI=1S/C45H53ClN6O6S2/c46-37-15-11-34(12-16-37)42-10-6-1-3-7-36(42)32-50-23-25-51(26-24-50)39-17-13-35(14-18-39)45(53)48-60(56,57)41-19-20-43(44(31-41)52(54)55)47-38(21-22-49-27-29-58-30-28-49)33-59-40-8-4-2-5-9-40/h2,4-5,8-9,11-20,31,38,47H,1,3,6-7,10,21-30,32-33H2,(H,48,53)/t38-/m1/s1. The molecule has 0 spiro atoms. The van der Waals surface area contributed by atoms with Crippen LogP contribution in [0.1, 0.15) is 54.4 Å². The number of allylic oxidation sites excluding steroid dienone is 1. The first-order valence-electron chi connectivity index (χ1n) is 20.8. The molecule has 4 aromatic rings. The normalized spacial score (nSPS) is 17.5. The van der Waals surface area contributed by atoms with Gasteiger partial charge in [0.1, 0.15) is 5.69 Å². The molecule has 3 aliphatic rings. The number of morpholine rings is 1. The number of nitro benzene ring substituents is 1. The summed E-state index contributed by atoms with van der Waals surface area (Å²) in [5.41, 5.74) is 5.20. The summed E-state index contributed by atoms with van der Waals surface area (Å²) in [5.74, 6) is -0.174. The molecule has 2 fully saturated rings. The van der Waals surface area contributed by atoms with Crippen molar-refractivity contribution in [2.45, 2.75) is 54.4 Å². The first kappa shape index (κ1) is 43.6. The molecule has 0 saturated carbocycles. The number of rotatable bonds is 16. The average Bonchev–Trinajstić information content (AvgIpc) is 3.51. The third-order valence-corrected chi connectivity index (χ3v) is 14.2. The molecule has 2 N–H and O–H groups in total. The lowest BCUT2D eigenvalue weighted by atomic mass is 9.95. The molecule has 2 saturated heterocycles. The number of halogens is 1. The maximum atomic E-state index is 13.5. The van der Waals surface area contributed by atoms with Crippen LogP contribution in [0.5, 0.6) is 0 Å². The summed E-state index contributed by atoms with van der Waals surface area (Å²) in [7, 11) is -4.43. The largest absolute Gasteiger partial charge is 0.379 e. The number of amides is 1. The zero-order chi connectivity index (χ0) is 41.9. The average molecular weight is 874 g/mol. The first-order chi connectivity index (χ1) is 29.1. The van der Waals surface area contributed by atoms with E-state index in [2.05, 4.69) is 36.9 Å². The Kier molecular flexibility index (Phi) is 15.2. The number of nitrogens with zero attached hydrogens (tertiary/aromatic N) is 4. The van der Waals surface area contributed by atoms with Crippen LogP contribution in [0.15, 0.2) is 112 Å². The molecular weight excluding hydrogens is 820 g/mol. The summed E-state index contributed by atoms with van der Waals surface area (Å²) in [6.07, 6.45) is 6.58. The summed E-state index contributed by atoms with van der Waals surface area (Å²) in [6, 6.07) is 28.6. The zero-order valence-corrected chi connectivity index (χ0v) is 36.2. The highest BCUT2D eigenvalue weighted by molar-refractivity contribution is 7.99. The van der Waals surface area contributed by atoms with Gasteiger partial charge >= 0.3 is 0 Å². The zero-order valence-electron chi connectivity index (χ0n) is 33.8. The Morgan fingerprint density at radius 1 is 0.850 bits per heavy atom. The van der Waals surface area contributed by atoms with Crippen LogP contribution < -0.4 is 14.9 Å². The lowest BCUT2D eigenvalue weighted by Crippen LogP contribution is -2.47. The van der Waals surface area contributed by atoms with Gasteiger partial charge in [-0.1, -0.05) is 53.9 Å². The Morgan fingerprint density at radius 3 is 2.28 bits per heavy atom. The van der Waals surface area contributed by atoms with Crippen LogP contribution in [0.2, 0.25) is 5.02 Å². The van der Waals surface area contributed by atoms with E-state index in [4.69, 9.17) is 16.3 Å². The van der Waals surface area contributed by atoms with Crippen molar-refractivity contribution in [1.29, 1.82) is 0 Å². The Hall–Kier alpha value is -4.44. The minimum atomic E-state index is -4.43. The number of hydrogen-bond donors (Lipinski definition) is 2. The molecule has 1 aliphatic carbocycles. The van der Waals surface area contributed by atoms with Gasteiger partial charge in [-0.3, -0.25) is 24.7 Å². The van der Waals surface area contributed by atoms with Crippen LogP contribution in [0.4, 0.5) is 17.1 Å². The Morgan fingerprint density at radius 2 is 1.57 bits per heavy atom. The molecule has 1 amide bonds. The summed E-state index contributed by atoms with van der Waals surface area (Å²) >= 11 is 7.83. The third-order valence-electron chi connectivity index (χ3n) is 11.5. The van der Waals surface area contributed by atoms with Crippen molar-refractivity contribution in [1.82, 2.24) is 14.5 Å². The van der Waals surface area contributed by atoms with Crippen LogP contribution in [0, 0.1) is 10.1 Å². The van der Waals surface area contributed by atoms with Gasteiger partial charge in [-0.05, 0) is 104 Å². The number of carbonyl (C=O) groups excluding carboxylic acids is 1. The number of nitrogens with one attached hydrogen (secondary N) is 2. The van der Waals surface area contributed by atoms with Gasteiger partial charge in [-0.2, -0.15) is 0 Å². The maximum Gasteiger partial charge on any atom is 0.293 e. The monoisotopic (exact) mass is 872 g/mol. The Balaban J connectivity index is 0.958. The summed E-state index contributed by atoms with van der Waals surface area (Å²) in [5, 5.41) is 16.4. The van der Waals surface area contributed by atoms with E-state index in [1.165, 1.54) is 48.1 Å². The van der Waals surface area contributed by atoms with Crippen molar-refractivity contribution in [3.63, 3.8) is 0 Å². The number of nitro groups is 1. The fraction of sp³-hybridized carbons (Fsp3) is 0.400. The van der Waals surface area contributed by atoms with Gasteiger partial charge in [0.25, 0.3) is 21.6 Å². The maximum absolute atomic E-state index is 13.5. The SMILES string of the molecule is O=C(NS(=O)(=O)c1ccc(N[C@H](CCN2CCOCC2)CSc2ccccc2)c([N+](=O)[O-])c1)c1ccc(N2CCN(CC3=C(c4ccc(Cl)cc4)CCCCC3)CC2)cc1. The van der Waals surface area contributed by atoms with Crippen molar-refractivity contribution < 1.29 is 22.9 Å². The van der Waals surface area contributed by atoms with Crippen LogP contribution in [0.25, 0.3) is 5.57 Å². The molecule has 60 heavy (non-hydrogen) atoms. The van der Waals surface area contributed by atoms with Crippen LogP contribution >= 0.6 is 23.4 Å². The predicted molar refractivity (Wildman–Crippen MR) is 241 cm³/mol. The number of thioether (sulfide) groups is 1. The van der Waals surface area contributed by atoms with E-state index >= 15 is 0 Å². The molecule has 1 atom stereocenters. The van der Waals surface area contributed by atoms with Crippen molar-refractivity contribution in [3.8, 4) is 0 Å². The van der Waals surface area contributed by atoms with Crippen LogP contribution in [0.3, 0.4) is 0 Å². The molecule has 4 aromatic carbocycles. The van der Waals surface area contributed by atoms with Crippen molar-refractivity contribution in [3.05, 3.63) is 129 Å². The molecule has 7 rings (SSSR count). The minimum absolute atomic E-state index is 0.149. The third kappa shape index (κ3) is 11.9. The van der Waals surface area contributed by atoms with E-state index in [0.29, 0.717) is 25.4 Å². The summed E-state index contributed by atoms with van der Waals surface area (Å²) in [6.45, 7) is 8.19. The molecular formula is C45H53ClN6O6S2. The van der Waals surface area contributed by atoms with E-state index in [0.717, 1.165) is 86.9 Å². The van der Waals surface area contributed by atoms with Crippen molar-refractivity contribution in [2.75, 3.05) is 81.5 Å². The van der Waals surface area contributed by atoms with Gasteiger partial charge in [0.05, 0.1) is 23.0 Å². The number of sulfonamides is 1. The van der Waals surface area contributed by atoms with Crippen molar-refractivity contribution >= 4 is 61.9 Å². The van der Waals surface area contributed by atoms with E-state index in [1.54, 1.807) is 23.9 Å². The van der Waals surface area contributed by atoms with Gasteiger partial charge in [0.2, 0.25) is 0 Å². The summed E-state index contributed by atoms with van der Waals surface area (Å²) < 4.78 is 34.5. The molecule has 2 heterocycles.